The molecule has 19 heavy (non-hydrogen) atoms. The minimum absolute atomic E-state index is 0.146. The normalized spacial score (nSPS) is 33.4. The van der Waals surface area contributed by atoms with Gasteiger partial charge in [0.1, 0.15) is 0 Å². The number of likely N-dealkylation sites (tertiary alicyclic amines) is 1. The van der Waals surface area contributed by atoms with Crippen LogP contribution in [0.25, 0.3) is 0 Å². The summed E-state index contributed by atoms with van der Waals surface area (Å²) in [5.41, 5.74) is 6.03. The Morgan fingerprint density at radius 1 is 1.26 bits per heavy atom. The highest BCUT2D eigenvalue weighted by Gasteiger charge is 2.35. The summed E-state index contributed by atoms with van der Waals surface area (Å²) in [7, 11) is 0. The van der Waals surface area contributed by atoms with Gasteiger partial charge < -0.3 is 15.4 Å². The highest BCUT2D eigenvalue weighted by Crippen LogP contribution is 2.31. The molecule has 0 aromatic carbocycles. The average molecular weight is 268 g/mol. The standard InChI is InChI=1S/C15H28N2O2/c1-3-19-13-6-8-17(9-7-13)15(18)14-10-12(16)5-4-11(14)2/h11-14H,3-10,16H2,1-2H3. The topological polar surface area (TPSA) is 55.6 Å². The van der Waals surface area contributed by atoms with E-state index in [0.717, 1.165) is 51.8 Å². The van der Waals surface area contributed by atoms with Crippen LogP contribution < -0.4 is 5.73 Å². The first-order chi connectivity index (χ1) is 9.11. The summed E-state index contributed by atoms with van der Waals surface area (Å²) in [6.45, 7) is 6.70. The molecule has 4 nitrogen and oxygen atoms in total. The Kier molecular flexibility index (Phi) is 5.22. The average Bonchev–Trinajstić information content (AvgIpc) is 2.42. The molecular formula is C15H28N2O2. The SMILES string of the molecule is CCOC1CCN(C(=O)C2CC(N)CCC2C)CC1. The molecule has 0 aromatic heterocycles. The molecule has 0 spiro atoms. The second-order valence-electron chi connectivity index (χ2n) is 6.14. The summed E-state index contributed by atoms with van der Waals surface area (Å²) in [6.07, 6.45) is 5.33. The number of hydrogen-bond acceptors (Lipinski definition) is 3. The van der Waals surface area contributed by atoms with Crippen molar-refractivity contribution >= 4 is 5.91 Å². The number of nitrogens with zero attached hydrogens (tertiary/aromatic N) is 1. The number of nitrogens with two attached hydrogens (primary N) is 1. The summed E-state index contributed by atoms with van der Waals surface area (Å²) in [5.74, 6) is 0.960. The summed E-state index contributed by atoms with van der Waals surface area (Å²) in [5, 5.41) is 0. The van der Waals surface area contributed by atoms with Gasteiger partial charge >= 0.3 is 0 Å². The molecule has 1 saturated carbocycles. The smallest absolute Gasteiger partial charge is 0.226 e. The van der Waals surface area contributed by atoms with Crippen LogP contribution in [0.1, 0.15) is 46.0 Å². The van der Waals surface area contributed by atoms with Crippen LogP contribution >= 0.6 is 0 Å². The largest absolute Gasteiger partial charge is 0.378 e. The van der Waals surface area contributed by atoms with Gasteiger partial charge in [-0.15, -0.1) is 0 Å². The van der Waals surface area contributed by atoms with Crippen LogP contribution in [0.15, 0.2) is 0 Å². The van der Waals surface area contributed by atoms with Crippen LogP contribution in [0.2, 0.25) is 0 Å². The molecule has 0 aromatic rings. The van der Waals surface area contributed by atoms with Gasteiger partial charge in [-0.1, -0.05) is 6.92 Å². The second-order valence-corrected chi connectivity index (χ2v) is 6.14. The summed E-state index contributed by atoms with van der Waals surface area (Å²) < 4.78 is 5.64. The first-order valence-electron chi connectivity index (χ1n) is 7.77. The van der Waals surface area contributed by atoms with Crippen molar-refractivity contribution in [3.63, 3.8) is 0 Å². The third kappa shape index (κ3) is 3.69. The van der Waals surface area contributed by atoms with E-state index in [2.05, 4.69) is 6.92 Å². The quantitative estimate of drug-likeness (QED) is 0.849. The third-order valence-electron chi connectivity index (χ3n) is 4.71. The Balaban J connectivity index is 1.86. The number of rotatable bonds is 3. The molecule has 110 valence electrons. The Bertz CT molecular complexity index is 301. The van der Waals surface area contributed by atoms with Gasteiger partial charge in [-0.05, 0) is 44.9 Å². The highest BCUT2D eigenvalue weighted by molar-refractivity contribution is 5.79. The molecule has 1 saturated heterocycles. The molecule has 0 bridgehead atoms. The number of amides is 1. The van der Waals surface area contributed by atoms with Gasteiger partial charge in [-0.3, -0.25) is 4.79 Å². The number of carbonyl (C=O) groups is 1. The highest BCUT2D eigenvalue weighted by atomic mass is 16.5. The van der Waals surface area contributed by atoms with Gasteiger partial charge in [0.15, 0.2) is 0 Å². The molecule has 0 radical (unpaired) electrons. The maximum absolute atomic E-state index is 12.6. The van der Waals surface area contributed by atoms with E-state index in [1.807, 2.05) is 11.8 Å². The second kappa shape index (κ2) is 6.71. The van der Waals surface area contributed by atoms with Gasteiger partial charge in [0.2, 0.25) is 5.91 Å². The van der Waals surface area contributed by atoms with Crippen molar-refractivity contribution in [2.75, 3.05) is 19.7 Å². The molecule has 4 heteroatoms. The molecule has 2 aliphatic rings. The van der Waals surface area contributed by atoms with Crippen molar-refractivity contribution in [1.29, 1.82) is 0 Å². The fourth-order valence-electron chi connectivity index (χ4n) is 3.41. The fraction of sp³-hybridized carbons (Fsp3) is 0.933. The monoisotopic (exact) mass is 268 g/mol. The minimum Gasteiger partial charge on any atom is -0.378 e. The molecule has 1 aliphatic carbocycles. The van der Waals surface area contributed by atoms with E-state index in [4.69, 9.17) is 10.5 Å². The van der Waals surface area contributed by atoms with Gasteiger partial charge in [-0.25, -0.2) is 0 Å². The summed E-state index contributed by atoms with van der Waals surface area (Å²) in [6, 6.07) is 0.214. The number of hydrogen-bond donors (Lipinski definition) is 1. The van der Waals surface area contributed by atoms with Gasteiger partial charge in [0, 0.05) is 31.7 Å². The van der Waals surface area contributed by atoms with Crippen LogP contribution in [0, 0.1) is 11.8 Å². The van der Waals surface area contributed by atoms with Crippen LogP contribution in [0.5, 0.6) is 0 Å². The molecule has 2 rings (SSSR count). The van der Waals surface area contributed by atoms with E-state index < -0.39 is 0 Å². The van der Waals surface area contributed by atoms with Crippen molar-refractivity contribution < 1.29 is 9.53 Å². The predicted molar refractivity (Wildman–Crippen MR) is 75.7 cm³/mol. The number of carbonyl (C=O) groups excluding carboxylic acids is 1. The summed E-state index contributed by atoms with van der Waals surface area (Å²) >= 11 is 0. The van der Waals surface area contributed by atoms with Gasteiger partial charge in [0.25, 0.3) is 0 Å². The first kappa shape index (κ1) is 14.8. The van der Waals surface area contributed by atoms with E-state index in [-0.39, 0.29) is 12.0 Å². The maximum atomic E-state index is 12.6. The molecule has 1 amide bonds. The minimum atomic E-state index is 0.146. The summed E-state index contributed by atoms with van der Waals surface area (Å²) in [4.78, 5) is 14.6. The lowest BCUT2D eigenvalue weighted by molar-refractivity contribution is -0.141. The zero-order valence-corrected chi connectivity index (χ0v) is 12.3. The Morgan fingerprint density at radius 2 is 1.95 bits per heavy atom. The Hall–Kier alpha value is -0.610. The number of ether oxygens (including phenoxy) is 1. The van der Waals surface area contributed by atoms with E-state index >= 15 is 0 Å². The lowest BCUT2D eigenvalue weighted by Crippen LogP contribution is -2.47. The van der Waals surface area contributed by atoms with Crippen LogP contribution in [-0.2, 0) is 9.53 Å². The zero-order chi connectivity index (χ0) is 13.8. The molecule has 3 unspecified atom stereocenters. The van der Waals surface area contributed by atoms with E-state index in [1.165, 1.54) is 0 Å². The van der Waals surface area contributed by atoms with Gasteiger partial charge in [-0.2, -0.15) is 0 Å². The van der Waals surface area contributed by atoms with Crippen molar-refractivity contribution in [3.05, 3.63) is 0 Å². The molecule has 1 aliphatic heterocycles. The Labute approximate surface area is 116 Å². The third-order valence-corrected chi connectivity index (χ3v) is 4.71. The molecular weight excluding hydrogens is 240 g/mol. The van der Waals surface area contributed by atoms with Crippen molar-refractivity contribution in [2.24, 2.45) is 17.6 Å². The number of piperidine rings is 1. The first-order valence-corrected chi connectivity index (χ1v) is 7.77. The predicted octanol–water partition coefficient (Wildman–Crippen LogP) is 1.78. The molecule has 3 atom stereocenters. The lowest BCUT2D eigenvalue weighted by atomic mass is 9.77. The van der Waals surface area contributed by atoms with E-state index in [0.29, 0.717) is 17.9 Å². The van der Waals surface area contributed by atoms with Crippen molar-refractivity contribution in [2.45, 2.75) is 58.1 Å². The van der Waals surface area contributed by atoms with Crippen molar-refractivity contribution in [1.82, 2.24) is 4.90 Å². The molecule has 2 N–H and O–H groups in total. The Morgan fingerprint density at radius 3 is 2.58 bits per heavy atom. The molecule has 1 heterocycles. The van der Waals surface area contributed by atoms with Crippen LogP contribution in [-0.4, -0.2) is 42.6 Å². The fourth-order valence-corrected chi connectivity index (χ4v) is 3.41. The zero-order valence-electron chi connectivity index (χ0n) is 12.3. The maximum Gasteiger partial charge on any atom is 0.226 e. The molecule has 2 fully saturated rings. The van der Waals surface area contributed by atoms with E-state index in [9.17, 15) is 4.79 Å². The van der Waals surface area contributed by atoms with Gasteiger partial charge in [0.05, 0.1) is 6.10 Å². The van der Waals surface area contributed by atoms with Crippen LogP contribution in [0.3, 0.4) is 0 Å². The van der Waals surface area contributed by atoms with Crippen molar-refractivity contribution in [3.8, 4) is 0 Å². The van der Waals surface area contributed by atoms with E-state index in [1.54, 1.807) is 0 Å². The van der Waals surface area contributed by atoms with Crippen LogP contribution in [0.4, 0.5) is 0 Å². The lowest BCUT2D eigenvalue weighted by Gasteiger charge is -2.38.